The summed E-state index contributed by atoms with van der Waals surface area (Å²) in [5.41, 5.74) is 6.66. The Kier molecular flexibility index (Phi) is 4.32. The summed E-state index contributed by atoms with van der Waals surface area (Å²) in [5, 5.41) is 0. The molecular formula is C28H30N4O3. The van der Waals surface area contributed by atoms with E-state index in [9.17, 15) is 4.79 Å². The predicted octanol–water partition coefficient (Wildman–Crippen LogP) is 5.31. The third-order valence-electron chi connectivity index (χ3n) is 9.25. The molecule has 2 bridgehead atoms. The van der Waals surface area contributed by atoms with Gasteiger partial charge in [0.1, 0.15) is 11.6 Å². The number of oxazole rings is 1. The summed E-state index contributed by atoms with van der Waals surface area (Å²) < 4.78 is 12.0. The number of hydrogen-bond donors (Lipinski definition) is 1. The quantitative estimate of drug-likeness (QED) is 0.429. The lowest BCUT2D eigenvalue weighted by Crippen LogP contribution is -2.64. The van der Waals surface area contributed by atoms with E-state index in [0.29, 0.717) is 11.5 Å². The van der Waals surface area contributed by atoms with Crippen molar-refractivity contribution in [2.24, 2.45) is 5.41 Å². The second-order valence-electron chi connectivity index (χ2n) is 11.2. The molecule has 4 heterocycles. The van der Waals surface area contributed by atoms with Crippen LogP contribution in [0.3, 0.4) is 0 Å². The minimum atomic E-state index is -0.0964. The van der Waals surface area contributed by atoms with Crippen molar-refractivity contribution < 1.29 is 13.9 Å². The Bertz CT molecular complexity index is 1480. The van der Waals surface area contributed by atoms with Gasteiger partial charge in [-0.1, -0.05) is 20.8 Å². The summed E-state index contributed by atoms with van der Waals surface area (Å²) in [5.74, 6) is 0.782. The van der Waals surface area contributed by atoms with Gasteiger partial charge in [-0.3, -0.25) is 4.79 Å². The second kappa shape index (κ2) is 7.17. The summed E-state index contributed by atoms with van der Waals surface area (Å²) in [7, 11) is 0. The number of piperidine rings is 1. The third-order valence-corrected chi connectivity index (χ3v) is 9.25. The van der Waals surface area contributed by atoms with Crippen LogP contribution in [-0.4, -0.2) is 45.0 Å². The number of nitrogens with zero attached hydrogens (tertiary/aromatic N) is 3. The minimum Gasteiger partial charge on any atom is -0.438 e. The number of benzene rings is 2. The molecule has 180 valence electrons. The van der Waals surface area contributed by atoms with Crippen molar-refractivity contribution in [3.05, 3.63) is 59.2 Å². The molecule has 2 aromatic heterocycles. The van der Waals surface area contributed by atoms with Gasteiger partial charge in [-0.25, -0.2) is 9.97 Å². The van der Waals surface area contributed by atoms with Gasteiger partial charge >= 0.3 is 0 Å². The smallest absolute Gasteiger partial charge is 0.254 e. The molecule has 35 heavy (non-hydrogen) atoms. The van der Waals surface area contributed by atoms with Crippen LogP contribution in [0, 0.1) is 5.41 Å². The lowest BCUT2D eigenvalue weighted by molar-refractivity contribution is -0.0261. The number of amides is 1. The molecule has 2 fully saturated rings. The van der Waals surface area contributed by atoms with E-state index in [0.717, 1.165) is 61.0 Å². The molecule has 7 heteroatoms. The minimum absolute atomic E-state index is 0.0361. The van der Waals surface area contributed by atoms with Crippen molar-refractivity contribution in [1.29, 1.82) is 0 Å². The summed E-state index contributed by atoms with van der Waals surface area (Å²) in [6.07, 6.45) is 5.35. The van der Waals surface area contributed by atoms with Crippen molar-refractivity contribution >= 4 is 28.0 Å². The van der Waals surface area contributed by atoms with Gasteiger partial charge in [0.25, 0.3) is 5.91 Å². The van der Waals surface area contributed by atoms with Gasteiger partial charge in [-0.05, 0) is 72.6 Å². The summed E-state index contributed by atoms with van der Waals surface area (Å²) in [6, 6.07) is 10.2. The Balaban J connectivity index is 1.29. The van der Waals surface area contributed by atoms with Gasteiger partial charge in [0.2, 0.25) is 5.89 Å². The molecule has 0 spiro atoms. The van der Waals surface area contributed by atoms with E-state index >= 15 is 0 Å². The van der Waals surface area contributed by atoms with E-state index in [4.69, 9.17) is 14.1 Å². The van der Waals surface area contributed by atoms with Gasteiger partial charge in [0, 0.05) is 30.2 Å². The average Bonchev–Trinajstić information content (AvgIpc) is 3.60. The normalized spacial score (nSPS) is 27.5. The van der Waals surface area contributed by atoms with Crippen molar-refractivity contribution in [2.45, 2.75) is 64.0 Å². The number of likely N-dealkylation sites (tertiary alicyclic amines) is 1. The number of nitrogens with one attached hydrogen (secondary N) is 1. The van der Waals surface area contributed by atoms with Crippen LogP contribution >= 0.6 is 0 Å². The van der Waals surface area contributed by atoms with Crippen molar-refractivity contribution in [1.82, 2.24) is 19.9 Å². The van der Waals surface area contributed by atoms with Crippen molar-refractivity contribution in [3.63, 3.8) is 0 Å². The molecule has 1 amide bonds. The van der Waals surface area contributed by atoms with Gasteiger partial charge in [0.05, 0.1) is 17.4 Å². The van der Waals surface area contributed by atoms with Crippen LogP contribution in [-0.2, 0) is 16.6 Å². The zero-order valence-electron chi connectivity index (χ0n) is 20.4. The number of hydrogen-bond acceptors (Lipinski definition) is 5. The molecule has 4 aromatic rings. The molecule has 0 saturated carbocycles. The first-order chi connectivity index (χ1) is 16.8. The average molecular weight is 471 g/mol. The summed E-state index contributed by atoms with van der Waals surface area (Å²) >= 11 is 0. The van der Waals surface area contributed by atoms with E-state index in [1.54, 1.807) is 6.33 Å². The fraction of sp³-hybridized carbons (Fsp3) is 0.464. The standard InChI is InChI=1S/C28H30N4O3/c1-27(2)24-13-17-12-23-21(31-25(35-23)22-5-4-10-34-22)14-18(17)28(27,3)8-9-32(24)26(33)16-6-7-19-20(11-16)30-15-29-19/h6-7,11-12,14-15,22,24H,4-5,8-10,13H2,1-3H3,(H,29,30)/t22-,24-,28+/m1/s1. The Morgan fingerprint density at radius 1 is 1.17 bits per heavy atom. The summed E-state index contributed by atoms with van der Waals surface area (Å²) in [4.78, 5) is 28.1. The van der Waals surface area contributed by atoms with Crippen LogP contribution in [0.2, 0.25) is 0 Å². The number of rotatable bonds is 2. The number of carbonyl (C=O) groups excluding carboxylic acids is 1. The highest BCUT2D eigenvalue weighted by atomic mass is 16.5. The summed E-state index contributed by atoms with van der Waals surface area (Å²) in [6.45, 7) is 8.52. The highest BCUT2D eigenvalue weighted by Crippen LogP contribution is 2.56. The van der Waals surface area contributed by atoms with Crippen LogP contribution in [0.15, 0.2) is 41.1 Å². The molecule has 2 saturated heterocycles. The van der Waals surface area contributed by atoms with Crippen LogP contribution in [0.25, 0.3) is 22.1 Å². The third kappa shape index (κ3) is 2.91. The van der Waals surface area contributed by atoms with Crippen LogP contribution in [0.4, 0.5) is 0 Å². The number of fused-ring (bicyclic) bond motifs is 6. The lowest BCUT2D eigenvalue weighted by atomic mass is 9.51. The monoisotopic (exact) mass is 470 g/mol. The second-order valence-corrected chi connectivity index (χ2v) is 11.2. The Morgan fingerprint density at radius 2 is 2.06 bits per heavy atom. The van der Waals surface area contributed by atoms with Gasteiger partial charge < -0.3 is 19.0 Å². The maximum atomic E-state index is 13.8. The maximum absolute atomic E-state index is 13.8. The van der Waals surface area contributed by atoms with E-state index in [1.165, 1.54) is 11.1 Å². The molecule has 3 atom stereocenters. The maximum Gasteiger partial charge on any atom is 0.254 e. The topological polar surface area (TPSA) is 84.2 Å². The number of ether oxygens (including phenoxy) is 1. The Labute approximate surface area is 203 Å². The molecule has 3 aliphatic rings. The Morgan fingerprint density at radius 3 is 2.89 bits per heavy atom. The van der Waals surface area contributed by atoms with Crippen molar-refractivity contribution in [2.75, 3.05) is 13.2 Å². The molecule has 0 unspecified atom stereocenters. The molecule has 7 rings (SSSR count). The van der Waals surface area contributed by atoms with Crippen molar-refractivity contribution in [3.8, 4) is 0 Å². The van der Waals surface area contributed by atoms with E-state index < -0.39 is 0 Å². The van der Waals surface area contributed by atoms with Crippen LogP contribution in [0.5, 0.6) is 0 Å². The molecule has 7 nitrogen and oxygen atoms in total. The predicted molar refractivity (Wildman–Crippen MR) is 132 cm³/mol. The van der Waals surface area contributed by atoms with E-state index in [-0.39, 0.29) is 28.9 Å². The number of aromatic amines is 1. The first kappa shape index (κ1) is 21.1. The van der Waals surface area contributed by atoms with Gasteiger partial charge in [-0.2, -0.15) is 0 Å². The molecule has 2 aromatic carbocycles. The largest absolute Gasteiger partial charge is 0.438 e. The number of carbonyl (C=O) groups is 1. The molecule has 1 N–H and O–H groups in total. The first-order valence-electron chi connectivity index (χ1n) is 12.6. The lowest BCUT2D eigenvalue weighted by Gasteiger charge is -2.60. The zero-order chi connectivity index (χ0) is 23.9. The van der Waals surface area contributed by atoms with Gasteiger partial charge in [-0.15, -0.1) is 0 Å². The number of H-pyrrole nitrogens is 1. The molecule has 2 aliphatic heterocycles. The number of aromatic nitrogens is 3. The van der Waals surface area contributed by atoms with E-state index in [1.807, 2.05) is 18.2 Å². The zero-order valence-corrected chi connectivity index (χ0v) is 20.4. The molecule has 1 aliphatic carbocycles. The first-order valence-corrected chi connectivity index (χ1v) is 12.6. The molecule has 0 radical (unpaired) electrons. The number of imidazole rings is 1. The molecular weight excluding hydrogens is 440 g/mol. The highest BCUT2D eigenvalue weighted by molar-refractivity contribution is 5.97. The van der Waals surface area contributed by atoms with E-state index in [2.05, 4.69) is 47.8 Å². The Hall–Kier alpha value is -3.19. The fourth-order valence-electron chi connectivity index (χ4n) is 6.74. The fourth-order valence-corrected chi connectivity index (χ4v) is 6.74. The van der Waals surface area contributed by atoms with Crippen LogP contribution < -0.4 is 0 Å². The highest BCUT2D eigenvalue weighted by Gasteiger charge is 2.57. The van der Waals surface area contributed by atoms with Crippen LogP contribution in [0.1, 0.15) is 73.5 Å². The SMILES string of the molecule is CC1(C)[C@H]2Cc3cc4oc([C@H]5CCCO5)nc4cc3[C@]1(C)CCN2C(=O)c1ccc2nc[nH]c2c1. The van der Waals surface area contributed by atoms with Gasteiger partial charge in [0.15, 0.2) is 5.58 Å².